The predicted octanol–water partition coefficient (Wildman–Crippen LogP) is 2.73. The zero-order valence-corrected chi connectivity index (χ0v) is 14.1. The van der Waals surface area contributed by atoms with Gasteiger partial charge in [0, 0.05) is 10.5 Å². The van der Waals surface area contributed by atoms with Crippen molar-refractivity contribution in [2.24, 2.45) is 0 Å². The molecule has 6 heteroatoms. The fourth-order valence-electron chi connectivity index (χ4n) is 2.43. The number of aliphatic hydroxyl groups is 1. The smallest absolute Gasteiger partial charge is 0.240 e. The summed E-state index contributed by atoms with van der Waals surface area (Å²) in [6.07, 6.45) is 2.59. The van der Waals surface area contributed by atoms with E-state index in [2.05, 4.69) is 20.7 Å². The third-order valence-electron chi connectivity index (χ3n) is 3.82. The zero-order valence-electron chi connectivity index (χ0n) is 11.7. The first-order valence-electron chi connectivity index (χ1n) is 6.70. The monoisotopic (exact) mass is 361 g/mol. The van der Waals surface area contributed by atoms with Gasteiger partial charge in [-0.05, 0) is 63.3 Å². The Morgan fingerprint density at radius 2 is 1.95 bits per heavy atom. The number of halogens is 1. The first kappa shape index (κ1) is 15.9. The highest BCUT2D eigenvalue weighted by molar-refractivity contribution is 9.10. The minimum atomic E-state index is -3.49. The summed E-state index contributed by atoms with van der Waals surface area (Å²) in [7, 11) is -3.49. The molecule has 0 spiro atoms. The van der Waals surface area contributed by atoms with Crippen molar-refractivity contribution >= 4 is 26.0 Å². The lowest BCUT2D eigenvalue weighted by atomic mass is 9.84. The first-order valence-corrected chi connectivity index (χ1v) is 8.98. The van der Waals surface area contributed by atoms with Crippen LogP contribution in [0.4, 0.5) is 0 Å². The quantitative estimate of drug-likeness (QED) is 0.869. The van der Waals surface area contributed by atoms with Gasteiger partial charge in [-0.15, -0.1) is 0 Å². The van der Waals surface area contributed by atoms with Gasteiger partial charge in [-0.1, -0.05) is 15.9 Å². The largest absolute Gasteiger partial charge is 0.390 e. The molecule has 20 heavy (non-hydrogen) atoms. The molecular formula is C14H20BrNO3S. The van der Waals surface area contributed by atoms with Gasteiger partial charge in [-0.3, -0.25) is 0 Å². The van der Waals surface area contributed by atoms with Crippen molar-refractivity contribution in [3.05, 3.63) is 28.2 Å². The maximum absolute atomic E-state index is 12.3. The Morgan fingerprint density at radius 1 is 1.35 bits per heavy atom. The van der Waals surface area contributed by atoms with Crippen LogP contribution in [0.1, 0.15) is 38.2 Å². The minimum Gasteiger partial charge on any atom is -0.390 e. The standard InChI is InChI=1S/C14H20BrNO3S/c1-10-9-12(3-4-13(10)15)20(18,19)16-11-5-7-14(2,17)8-6-11/h3-4,9,11,16-17H,5-8H2,1-2H3. The summed E-state index contributed by atoms with van der Waals surface area (Å²) in [5.41, 5.74) is 0.232. The van der Waals surface area contributed by atoms with E-state index in [-0.39, 0.29) is 10.9 Å². The highest BCUT2D eigenvalue weighted by atomic mass is 79.9. The van der Waals surface area contributed by atoms with Crippen LogP contribution in [-0.4, -0.2) is 25.2 Å². The Hall–Kier alpha value is -0.430. The number of nitrogens with one attached hydrogen (secondary N) is 1. The van der Waals surface area contributed by atoms with E-state index >= 15 is 0 Å². The molecule has 1 aromatic carbocycles. The van der Waals surface area contributed by atoms with Crippen LogP contribution in [0.25, 0.3) is 0 Å². The van der Waals surface area contributed by atoms with E-state index in [1.165, 1.54) is 0 Å². The Bertz CT molecular complexity index is 588. The summed E-state index contributed by atoms with van der Waals surface area (Å²) in [5, 5.41) is 9.89. The van der Waals surface area contributed by atoms with Gasteiger partial charge in [-0.25, -0.2) is 13.1 Å². The van der Waals surface area contributed by atoms with Gasteiger partial charge in [0.05, 0.1) is 10.5 Å². The number of sulfonamides is 1. The molecule has 0 unspecified atom stereocenters. The molecule has 4 nitrogen and oxygen atoms in total. The fraction of sp³-hybridized carbons (Fsp3) is 0.571. The van der Waals surface area contributed by atoms with Gasteiger partial charge < -0.3 is 5.11 Å². The van der Waals surface area contributed by atoms with Gasteiger partial charge in [-0.2, -0.15) is 0 Å². The number of hydrogen-bond acceptors (Lipinski definition) is 3. The molecule has 1 aromatic rings. The lowest BCUT2D eigenvalue weighted by Gasteiger charge is -2.33. The van der Waals surface area contributed by atoms with Crippen LogP contribution in [-0.2, 0) is 10.0 Å². The van der Waals surface area contributed by atoms with E-state index in [0.29, 0.717) is 25.7 Å². The van der Waals surface area contributed by atoms with Crippen LogP contribution < -0.4 is 4.72 Å². The molecule has 1 aliphatic rings. The third kappa shape index (κ3) is 3.81. The molecule has 1 aliphatic carbocycles. The molecule has 2 N–H and O–H groups in total. The van der Waals surface area contributed by atoms with Crippen molar-refractivity contribution in [1.29, 1.82) is 0 Å². The third-order valence-corrected chi connectivity index (χ3v) is 6.23. The first-order chi connectivity index (χ1) is 9.20. The van der Waals surface area contributed by atoms with Crippen LogP contribution in [0.5, 0.6) is 0 Å². The van der Waals surface area contributed by atoms with Crippen LogP contribution in [0, 0.1) is 6.92 Å². The molecule has 0 bridgehead atoms. The molecule has 1 fully saturated rings. The minimum absolute atomic E-state index is 0.0934. The molecule has 0 radical (unpaired) electrons. The van der Waals surface area contributed by atoms with Gasteiger partial charge >= 0.3 is 0 Å². The summed E-state index contributed by atoms with van der Waals surface area (Å²) in [4.78, 5) is 0.288. The lowest BCUT2D eigenvalue weighted by molar-refractivity contribution is 0.0163. The summed E-state index contributed by atoms with van der Waals surface area (Å²) in [5.74, 6) is 0. The molecule has 0 aromatic heterocycles. The van der Waals surface area contributed by atoms with Crippen molar-refractivity contribution in [2.75, 3.05) is 0 Å². The number of rotatable bonds is 3. The molecule has 2 rings (SSSR count). The van der Waals surface area contributed by atoms with Gasteiger partial charge in [0.25, 0.3) is 0 Å². The van der Waals surface area contributed by atoms with Crippen molar-refractivity contribution in [3.63, 3.8) is 0 Å². The Kier molecular flexibility index (Phi) is 4.59. The summed E-state index contributed by atoms with van der Waals surface area (Å²) >= 11 is 3.36. The van der Waals surface area contributed by atoms with Crippen molar-refractivity contribution in [2.45, 2.75) is 56.1 Å². The zero-order chi connectivity index (χ0) is 15.0. The van der Waals surface area contributed by atoms with Gasteiger partial charge in [0.2, 0.25) is 10.0 Å². The van der Waals surface area contributed by atoms with E-state index in [1.54, 1.807) is 25.1 Å². The summed E-state index contributed by atoms with van der Waals surface area (Å²) in [6, 6.07) is 4.91. The SMILES string of the molecule is Cc1cc(S(=O)(=O)NC2CCC(C)(O)CC2)ccc1Br. The van der Waals surface area contributed by atoms with Crippen molar-refractivity contribution < 1.29 is 13.5 Å². The maximum atomic E-state index is 12.3. The molecule has 0 aliphatic heterocycles. The van der Waals surface area contributed by atoms with Crippen LogP contribution in [0.3, 0.4) is 0 Å². The van der Waals surface area contributed by atoms with E-state index in [9.17, 15) is 13.5 Å². The van der Waals surface area contributed by atoms with E-state index in [1.807, 2.05) is 6.92 Å². The van der Waals surface area contributed by atoms with E-state index in [4.69, 9.17) is 0 Å². The van der Waals surface area contributed by atoms with E-state index in [0.717, 1.165) is 10.0 Å². The summed E-state index contributed by atoms with van der Waals surface area (Å²) < 4.78 is 28.3. The predicted molar refractivity (Wildman–Crippen MR) is 82.1 cm³/mol. The second-order valence-corrected chi connectivity index (χ2v) is 8.37. The van der Waals surface area contributed by atoms with Crippen molar-refractivity contribution in [3.8, 4) is 0 Å². The molecule has 0 saturated heterocycles. The van der Waals surface area contributed by atoms with Crippen LogP contribution in [0.2, 0.25) is 0 Å². The fourth-order valence-corrected chi connectivity index (χ4v) is 4.07. The van der Waals surface area contributed by atoms with Crippen molar-refractivity contribution in [1.82, 2.24) is 4.72 Å². The second kappa shape index (κ2) is 5.75. The van der Waals surface area contributed by atoms with E-state index < -0.39 is 15.6 Å². The van der Waals surface area contributed by atoms with Gasteiger partial charge in [0.15, 0.2) is 0 Å². The summed E-state index contributed by atoms with van der Waals surface area (Å²) in [6.45, 7) is 3.66. The number of benzene rings is 1. The Morgan fingerprint density at radius 3 is 2.50 bits per heavy atom. The lowest BCUT2D eigenvalue weighted by Crippen LogP contribution is -2.42. The Balaban J connectivity index is 2.10. The molecular weight excluding hydrogens is 342 g/mol. The normalized spacial score (nSPS) is 27.5. The van der Waals surface area contributed by atoms with Crippen LogP contribution >= 0.6 is 15.9 Å². The molecule has 0 heterocycles. The highest BCUT2D eigenvalue weighted by Gasteiger charge is 2.31. The molecule has 0 amide bonds. The second-order valence-electron chi connectivity index (χ2n) is 5.80. The number of hydrogen-bond donors (Lipinski definition) is 2. The maximum Gasteiger partial charge on any atom is 0.240 e. The molecule has 1 saturated carbocycles. The average Bonchev–Trinajstić information content (AvgIpc) is 2.35. The van der Waals surface area contributed by atoms with Gasteiger partial charge in [0.1, 0.15) is 0 Å². The highest BCUT2D eigenvalue weighted by Crippen LogP contribution is 2.28. The average molecular weight is 362 g/mol. The topological polar surface area (TPSA) is 66.4 Å². The molecule has 112 valence electrons. The molecule has 0 atom stereocenters. The number of aryl methyl sites for hydroxylation is 1. The Labute approximate surface area is 128 Å². The van der Waals surface area contributed by atoms with Crippen LogP contribution in [0.15, 0.2) is 27.6 Å².